The van der Waals surface area contributed by atoms with Gasteiger partial charge in [-0.1, -0.05) is 30.3 Å². The van der Waals surface area contributed by atoms with Crippen molar-refractivity contribution >= 4 is 29.2 Å². The lowest BCUT2D eigenvalue weighted by Gasteiger charge is -2.30. The van der Waals surface area contributed by atoms with Gasteiger partial charge < -0.3 is 14.6 Å². The maximum Gasteiger partial charge on any atom is 0.340 e. The van der Waals surface area contributed by atoms with Crippen LogP contribution < -0.4 is 10.2 Å². The molecule has 0 radical (unpaired) electrons. The van der Waals surface area contributed by atoms with Gasteiger partial charge in [0.05, 0.1) is 16.9 Å². The number of aromatic nitrogens is 1. The minimum absolute atomic E-state index is 0.125. The summed E-state index contributed by atoms with van der Waals surface area (Å²) in [6, 6.07) is 18.5. The van der Waals surface area contributed by atoms with Crippen LogP contribution in [0.15, 0.2) is 60.7 Å². The van der Waals surface area contributed by atoms with E-state index in [9.17, 15) is 14.4 Å². The average Bonchev–Trinajstić information content (AvgIpc) is 3.07. The van der Waals surface area contributed by atoms with Crippen molar-refractivity contribution in [2.24, 2.45) is 0 Å². The molecule has 1 aliphatic heterocycles. The standard InChI is InChI=1S/C24H23N3O4/c1-15-13-19(16(2)27(15)18-9-5-4-6-10-18)24(30)31-17(3)23(29)26-14-22(28)25-20-11-7-8-12-21(20)26/h4-13,17H,14H2,1-3H3,(H,25,28). The summed E-state index contributed by atoms with van der Waals surface area (Å²) in [5, 5.41) is 2.74. The fraction of sp³-hybridized carbons (Fsp3) is 0.208. The molecule has 7 nitrogen and oxygen atoms in total. The lowest BCUT2D eigenvalue weighted by Crippen LogP contribution is -2.47. The highest BCUT2D eigenvalue weighted by molar-refractivity contribution is 6.11. The molecule has 0 fully saturated rings. The van der Waals surface area contributed by atoms with Crippen LogP contribution in [0.5, 0.6) is 0 Å². The molecule has 2 aromatic carbocycles. The van der Waals surface area contributed by atoms with E-state index in [-0.39, 0.29) is 12.5 Å². The lowest BCUT2D eigenvalue weighted by atomic mass is 10.1. The molecule has 31 heavy (non-hydrogen) atoms. The third-order valence-electron chi connectivity index (χ3n) is 5.33. The molecular formula is C24H23N3O4. The summed E-state index contributed by atoms with van der Waals surface area (Å²) in [6.45, 7) is 5.15. The van der Waals surface area contributed by atoms with E-state index in [1.165, 1.54) is 11.8 Å². The Bertz CT molecular complexity index is 1170. The van der Waals surface area contributed by atoms with Crippen molar-refractivity contribution in [3.05, 3.63) is 77.6 Å². The second-order valence-corrected chi connectivity index (χ2v) is 7.49. The van der Waals surface area contributed by atoms with Gasteiger partial charge in [-0.3, -0.25) is 14.5 Å². The molecule has 1 aliphatic rings. The number of anilines is 2. The molecule has 1 aromatic heterocycles. The van der Waals surface area contributed by atoms with Crippen molar-refractivity contribution in [2.45, 2.75) is 26.9 Å². The predicted molar refractivity (Wildman–Crippen MR) is 118 cm³/mol. The number of para-hydroxylation sites is 3. The molecule has 1 unspecified atom stereocenters. The fourth-order valence-electron chi connectivity index (χ4n) is 3.87. The first-order chi connectivity index (χ1) is 14.9. The number of hydrogen-bond acceptors (Lipinski definition) is 4. The van der Waals surface area contributed by atoms with Crippen LogP contribution in [0.2, 0.25) is 0 Å². The van der Waals surface area contributed by atoms with Crippen molar-refractivity contribution in [3.63, 3.8) is 0 Å². The zero-order valence-electron chi connectivity index (χ0n) is 17.6. The SMILES string of the molecule is Cc1cc(C(=O)OC(C)C(=O)N2CC(=O)Nc3ccccc32)c(C)n1-c1ccccc1. The third-order valence-corrected chi connectivity index (χ3v) is 5.33. The molecular weight excluding hydrogens is 394 g/mol. The van der Waals surface area contributed by atoms with Crippen LogP contribution in [0.1, 0.15) is 28.7 Å². The number of carbonyl (C=O) groups is 3. The van der Waals surface area contributed by atoms with Crippen LogP contribution in [-0.4, -0.2) is 35.0 Å². The molecule has 0 spiro atoms. The van der Waals surface area contributed by atoms with Crippen molar-refractivity contribution < 1.29 is 19.1 Å². The Morgan fingerprint density at radius 1 is 1.03 bits per heavy atom. The van der Waals surface area contributed by atoms with Crippen LogP contribution >= 0.6 is 0 Å². The minimum atomic E-state index is -1.05. The number of carbonyl (C=O) groups excluding carboxylic acids is 3. The van der Waals surface area contributed by atoms with Crippen molar-refractivity contribution in [3.8, 4) is 5.69 Å². The average molecular weight is 417 g/mol. The molecule has 158 valence electrons. The third kappa shape index (κ3) is 3.82. The van der Waals surface area contributed by atoms with Gasteiger partial charge in [0.1, 0.15) is 6.54 Å². The Balaban J connectivity index is 1.55. The van der Waals surface area contributed by atoms with E-state index < -0.39 is 18.0 Å². The number of ether oxygens (including phenoxy) is 1. The number of esters is 1. The number of benzene rings is 2. The monoisotopic (exact) mass is 417 g/mol. The topological polar surface area (TPSA) is 80.6 Å². The van der Waals surface area contributed by atoms with E-state index in [2.05, 4.69) is 5.32 Å². The first-order valence-electron chi connectivity index (χ1n) is 10.0. The Kier molecular flexibility index (Phi) is 5.33. The largest absolute Gasteiger partial charge is 0.449 e. The lowest BCUT2D eigenvalue weighted by molar-refractivity contribution is -0.128. The Labute approximate surface area is 180 Å². The molecule has 4 rings (SSSR count). The number of fused-ring (bicyclic) bond motifs is 1. The smallest absolute Gasteiger partial charge is 0.340 e. The summed E-state index contributed by atoms with van der Waals surface area (Å²) in [5.74, 6) is -1.32. The number of hydrogen-bond donors (Lipinski definition) is 1. The Morgan fingerprint density at radius 2 is 1.71 bits per heavy atom. The zero-order chi connectivity index (χ0) is 22.1. The van der Waals surface area contributed by atoms with Gasteiger partial charge in [-0.05, 0) is 51.1 Å². The Hall–Kier alpha value is -3.87. The normalized spacial score (nSPS) is 13.9. The van der Waals surface area contributed by atoms with Gasteiger partial charge in [-0.15, -0.1) is 0 Å². The Morgan fingerprint density at radius 3 is 2.45 bits per heavy atom. The number of aryl methyl sites for hydroxylation is 1. The molecule has 0 saturated heterocycles. The molecule has 7 heteroatoms. The maximum absolute atomic E-state index is 13.0. The van der Waals surface area contributed by atoms with Crippen LogP contribution in [0, 0.1) is 13.8 Å². The van der Waals surface area contributed by atoms with Gasteiger partial charge in [-0.2, -0.15) is 0 Å². The van der Waals surface area contributed by atoms with E-state index in [1.54, 1.807) is 30.3 Å². The summed E-state index contributed by atoms with van der Waals surface area (Å²) < 4.78 is 7.48. The van der Waals surface area contributed by atoms with Crippen molar-refractivity contribution in [2.75, 3.05) is 16.8 Å². The van der Waals surface area contributed by atoms with Gasteiger partial charge in [-0.25, -0.2) is 4.79 Å². The second-order valence-electron chi connectivity index (χ2n) is 7.49. The predicted octanol–water partition coefficient (Wildman–Crippen LogP) is 3.62. The van der Waals surface area contributed by atoms with E-state index in [0.717, 1.165) is 17.1 Å². The highest BCUT2D eigenvalue weighted by Crippen LogP contribution is 2.30. The van der Waals surface area contributed by atoms with Crippen LogP contribution in [-0.2, 0) is 14.3 Å². The number of nitrogens with one attached hydrogen (secondary N) is 1. The van der Waals surface area contributed by atoms with Gasteiger partial charge in [0.15, 0.2) is 6.10 Å². The molecule has 0 bridgehead atoms. The highest BCUT2D eigenvalue weighted by atomic mass is 16.5. The molecule has 3 aromatic rings. The van der Waals surface area contributed by atoms with Crippen LogP contribution in [0.3, 0.4) is 0 Å². The van der Waals surface area contributed by atoms with E-state index in [4.69, 9.17) is 4.74 Å². The number of rotatable bonds is 4. The number of amides is 2. The summed E-state index contributed by atoms with van der Waals surface area (Å²) >= 11 is 0. The zero-order valence-corrected chi connectivity index (χ0v) is 17.6. The summed E-state index contributed by atoms with van der Waals surface area (Å²) in [5.41, 5.74) is 4.09. The molecule has 1 N–H and O–H groups in total. The van der Waals surface area contributed by atoms with Crippen LogP contribution in [0.4, 0.5) is 11.4 Å². The van der Waals surface area contributed by atoms with Gasteiger partial charge in [0.25, 0.3) is 5.91 Å². The molecule has 1 atom stereocenters. The summed E-state index contributed by atoms with van der Waals surface area (Å²) in [4.78, 5) is 39.3. The molecule has 2 heterocycles. The molecule has 2 amide bonds. The summed E-state index contributed by atoms with van der Waals surface area (Å²) in [6.07, 6.45) is -1.05. The molecule has 0 aliphatic carbocycles. The van der Waals surface area contributed by atoms with E-state index in [0.29, 0.717) is 16.9 Å². The van der Waals surface area contributed by atoms with Crippen molar-refractivity contribution in [1.82, 2.24) is 4.57 Å². The molecule has 0 saturated carbocycles. The van der Waals surface area contributed by atoms with Crippen LogP contribution in [0.25, 0.3) is 5.69 Å². The minimum Gasteiger partial charge on any atom is -0.449 e. The van der Waals surface area contributed by atoms with Crippen molar-refractivity contribution in [1.29, 1.82) is 0 Å². The first-order valence-corrected chi connectivity index (χ1v) is 10.0. The maximum atomic E-state index is 13.0. The first kappa shape index (κ1) is 20.4. The highest BCUT2D eigenvalue weighted by Gasteiger charge is 2.32. The fourth-order valence-corrected chi connectivity index (χ4v) is 3.87. The van der Waals surface area contributed by atoms with E-state index in [1.807, 2.05) is 48.7 Å². The number of nitrogens with zero attached hydrogens (tertiary/aromatic N) is 2. The second kappa shape index (κ2) is 8.10. The van der Waals surface area contributed by atoms with Gasteiger partial charge in [0, 0.05) is 17.1 Å². The van der Waals surface area contributed by atoms with E-state index >= 15 is 0 Å². The quantitative estimate of drug-likeness (QED) is 0.658. The van der Waals surface area contributed by atoms with Gasteiger partial charge >= 0.3 is 5.97 Å². The summed E-state index contributed by atoms with van der Waals surface area (Å²) in [7, 11) is 0. The van der Waals surface area contributed by atoms with Gasteiger partial charge in [0.2, 0.25) is 5.91 Å².